The summed E-state index contributed by atoms with van der Waals surface area (Å²) < 4.78 is 16.6. The minimum absolute atomic E-state index is 0.0181. The van der Waals surface area contributed by atoms with Crippen LogP contribution in [0, 0.1) is 0 Å². The van der Waals surface area contributed by atoms with E-state index in [1.807, 2.05) is 24.3 Å². The summed E-state index contributed by atoms with van der Waals surface area (Å²) in [4.78, 5) is 11.6. The van der Waals surface area contributed by atoms with Crippen molar-refractivity contribution in [1.29, 1.82) is 0 Å². The van der Waals surface area contributed by atoms with Crippen molar-refractivity contribution < 1.29 is 29.2 Å². The Kier molecular flexibility index (Phi) is 7.44. The predicted molar refractivity (Wildman–Crippen MR) is 98.4 cm³/mol. The van der Waals surface area contributed by atoms with E-state index in [2.05, 4.69) is 6.58 Å². The molecule has 140 valence electrons. The summed E-state index contributed by atoms with van der Waals surface area (Å²) in [5, 5.41) is 20.0. The van der Waals surface area contributed by atoms with Gasteiger partial charge in [-0.05, 0) is 19.1 Å². The average molecular weight is 360 g/mol. The average Bonchev–Trinajstić information content (AvgIpc) is 2.65. The minimum Gasteiger partial charge on any atom is -0.493 e. The van der Waals surface area contributed by atoms with Gasteiger partial charge in [-0.3, -0.25) is 0 Å². The molecule has 2 aromatic carbocycles. The summed E-state index contributed by atoms with van der Waals surface area (Å²) in [6.45, 7) is 5.22. The number of hydrogen-bond donors (Lipinski definition) is 2. The van der Waals surface area contributed by atoms with E-state index in [0.29, 0.717) is 24.5 Å². The third-order valence-corrected chi connectivity index (χ3v) is 3.65. The number of aliphatic hydroxyl groups excluding tert-OH is 2. The lowest BCUT2D eigenvalue weighted by Gasteiger charge is -2.18. The van der Waals surface area contributed by atoms with Crippen LogP contribution in [0.3, 0.4) is 0 Å². The molecule has 0 fully saturated rings. The van der Waals surface area contributed by atoms with Crippen LogP contribution in [-0.2, 0) is 9.53 Å². The van der Waals surface area contributed by atoms with Crippen molar-refractivity contribution in [3.05, 3.63) is 48.6 Å². The van der Waals surface area contributed by atoms with Crippen molar-refractivity contribution >= 4 is 16.7 Å². The van der Waals surface area contributed by atoms with Crippen LogP contribution in [0.2, 0.25) is 0 Å². The fourth-order valence-corrected chi connectivity index (χ4v) is 2.30. The van der Waals surface area contributed by atoms with Crippen LogP contribution in [-0.4, -0.2) is 48.7 Å². The lowest BCUT2D eigenvalue weighted by atomic mass is 10.1. The molecule has 6 heteroatoms. The molecule has 2 rings (SSSR count). The van der Waals surface area contributed by atoms with Crippen LogP contribution in [0.15, 0.2) is 48.6 Å². The summed E-state index contributed by atoms with van der Waals surface area (Å²) in [6, 6.07) is 11.2. The summed E-state index contributed by atoms with van der Waals surface area (Å²) in [5.41, 5.74) is 0.262. The Bertz CT molecular complexity index is 755. The van der Waals surface area contributed by atoms with Crippen LogP contribution >= 0.6 is 0 Å². The van der Waals surface area contributed by atoms with Crippen molar-refractivity contribution in [2.24, 2.45) is 0 Å². The number of rotatable bonds is 10. The molecule has 0 amide bonds. The van der Waals surface area contributed by atoms with Crippen LogP contribution in [0.25, 0.3) is 10.8 Å². The van der Waals surface area contributed by atoms with Crippen molar-refractivity contribution in [2.45, 2.75) is 19.4 Å². The Morgan fingerprint density at radius 3 is 2.23 bits per heavy atom. The number of benzene rings is 2. The third kappa shape index (κ3) is 5.21. The van der Waals surface area contributed by atoms with Gasteiger partial charge in [0, 0.05) is 29.4 Å². The van der Waals surface area contributed by atoms with Crippen LogP contribution in [0.5, 0.6) is 11.5 Å². The van der Waals surface area contributed by atoms with Crippen molar-refractivity contribution in [3.63, 3.8) is 0 Å². The third-order valence-electron chi connectivity index (χ3n) is 3.65. The Morgan fingerprint density at radius 1 is 1.08 bits per heavy atom. The molecule has 0 heterocycles. The molecule has 2 N–H and O–H groups in total. The quantitative estimate of drug-likeness (QED) is 0.385. The smallest absolute Gasteiger partial charge is 0.333 e. The number of aliphatic hydroxyl groups is 2. The highest BCUT2D eigenvalue weighted by atomic mass is 16.6. The van der Waals surface area contributed by atoms with Gasteiger partial charge in [-0.25, -0.2) is 4.79 Å². The first-order valence-corrected chi connectivity index (χ1v) is 8.42. The van der Waals surface area contributed by atoms with Gasteiger partial charge in [0.2, 0.25) is 0 Å². The molecule has 1 unspecified atom stereocenters. The van der Waals surface area contributed by atoms with Gasteiger partial charge >= 0.3 is 5.97 Å². The first kappa shape index (κ1) is 19.8. The second kappa shape index (κ2) is 9.79. The molecule has 0 bridgehead atoms. The molecule has 1 atom stereocenters. The maximum absolute atomic E-state index is 11.6. The molecular weight excluding hydrogens is 336 g/mol. The minimum atomic E-state index is -0.779. The zero-order valence-corrected chi connectivity index (χ0v) is 14.8. The molecule has 0 radical (unpaired) electrons. The summed E-state index contributed by atoms with van der Waals surface area (Å²) >= 11 is 0. The summed E-state index contributed by atoms with van der Waals surface area (Å²) in [6.07, 6.45) is -0.225. The van der Waals surface area contributed by atoms with E-state index in [1.54, 1.807) is 19.1 Å². The van der Waals surface area contributed by atoms with E-state index >= 15 is 0 Å². The molecule has 0 aliphatic rings. The first-order valence-electron chi connectivity index (χ1n) is 8.42. The Balaban J connectivity index is 2.13. The van der Waals surface area contributed by atoms with Gasteiger partial charge < -0.3 is 24.4 Å². The Labute approximate surface area is 152 Å². The standard InChI is InChI=1S/C20H24O6/c1-14(2)20(23)26-15(12-22)13-25-19-9-8-18(24-11-5-10-21)16-6-3-4-7-17(16)19/h3-4,6-9,15,21-22H,1,5,10-13H2,2H3. The van der Waals surface area contributed by atoms with Gasteiger partial charge in [0.1, 0.15) is 18.1 Å². The van der Waals surface area contributed by atoms with Gasteiger partial charge in [0.25, 0.3) is 0 Å². The van der Waals surface area contributed by atoms with Crippen LogP contribution in [0.1, 0.15) is 13.3 Å². The number of ether oxygens (including phenoxy) is 3. The van der Waals surface area contributed by atoms with E-state index in [9.17, 15) is 9.90 Å². The highest BCUT2D eigenvalue weighted by Crippen LogP contribution is 2.33. The number of fused-ring (bicyclic) bond motifs is 1. The second-order valence-electron chi connectivity index (χ2n) is 5.83. The molecule has 6 nitrogen and oxygen atoms in total. The van der Waals surface area contributed by atoms with Crippen LogP contribution < -0.4 is 9.47 Å². The topological polar surface area (TPSA) is 85.2 Å². The number of carbonyl (C=O) groups is 1. The van der Waals surface area contributed by atoms with Gasteiger partial charge in [-0.15, -0.1) is 0 Å². The van der Waals surface area contributed by atoms with E-state index in [1.165, 1.54) is 0 Å². The van der Waals surface area contributed by atoms with Crippen molar-refractivity contribution in [3.8, 4) is 11.5 Å². The monoisotopic (exact) mass is 360 g/mol. The highest BCUT2D eigenvalue weighted by Gasteiger charge is 2.16. The number of hydrogen-bond acceptors (Lipinski definition) is 6. The fourth-order valence-electron chi connectivity index (χ4n) is 2.30. The Hall–Kier alpha value is -2.57. The van der Waals surface area contributed by atoms with Gasteiger partial charge in [-0.2, -0.15) is 0 Å². The first-order chi connectivity index (χ1) is 12.6. The summed E-state index contributed by atoms with van der Waals surface area (Å²) in [5.74, 6) is 0.735. The molecule has 0 spiro atoms. The largest absolute Gasteiger partial charge is 0.493 e. The van der Waals surface area contributed by atoms with E-state index < -0.39 is 12.1 Å². The van der Waals surface area contributed by atoms with E-state index in [4.69, 9.17) is 19.3 Å². The highest BCUT2D eigenvalue weighted by molar-refractivity contribution is 5.93. The van der Waals surface area contributed by atoms with Gasteiger partial charge in [-0.1, -0.05) is 30.8 Å². The van der Waals surface area contributed by atoms with Gasteiger partial charge in [0.15, 0.2) is 6.10 Å². The molecule has 0 aromatic heterocycles. The molecule has 26 heavy (non-hydrogen) atoms. The van der Waals surface area contributed by atoms with E-state index in [0.717, 1.165) is 10.8 Å². The molecule has 0 aliphatic heterocycles. The molecule has 2 aromatic rings. The molecule has 0 saturated heterocycles. The van der Waals surface area contributed by atoms with Crippen molar-refractivity contribution in [1.82, 2.24) is 0 Å². The maximum Gasteiger partial charge on any atom is 0.333 e. The predicted octanol–water partition coefficient (Wildman–Crippen LogP) is 2.46. The Morgan fingerprint density at radius 2 is 1.69 bits per heavy atom. The van der Waals surface area contributed by atoms with Crippen LogP contribution in [0.4, 0.5) is 0 Å². The lowest BCUT2D eigenvalue weighted by molar-refractivity contribution is -0.147. The number of esters is 1. The van der Waals surface area contributed by atoms with Crippen molar-refractivity contribution in [2.75, 3.05) is 26.4 Å². The zero-order chi connectivity index (χ0) is 18.9. The maximum atomic E-state index is 11.6. The second-order valence-corrected chi connectivity index (χ2v) is 5.83. The lowest BCUT2D eigenvalue weighted by Crippen LogP contribution is -2.28. The zero-order valence-electron chi connectivity index (χ0n) is 14.8. The van der Waals surface area contributed by atoms with Gasteiger partial charge in [0.05, 0.1) is 13.2 Å². The molecular formula is C20H24O6. The molecule has 0 saturated carbocycles. The fraction of sp³-hybridized carbons (Fsp3) is 0.350. The van der Waals surface area contributed by atoms with E-state index in [-0.39, 0.29) is 25.4 Å². The summed E-state index contributed by atoms with van der Waals surface area (Å²) in [7, 11) is 0. The normalized spacial score (nSPS) is 11.8. The number of carbonyl (C=O) groups excluding carboxylic acids is 1. The SMILES string of the molecule is C=C(C)C(=O)OC(CO)COc1ccc(OCCCO)c2ccccc12. The molecule has 0 aliphatic carbocycles.